The summed E-state index contributed by atoms with van der Waals surface area (Å²) in [6.07, 6.45) is -2.13. The molecular weight excluding hydrogens is 243 g/mol. The Bertz CT molecular complexity index is 386. The zero-order valence-electron chi connectivity index (χ0n) is 9.96. The predicted molar refractivity (Wildman–Crippen MR) is 62.8 cm³/mol. The summed E-state index contributed by atoms with van der Waals surface area (Å²) in [5, 5.41) is 3.29. The van der Waals surface area contributed by atoms with Gasteiger partial charge in [-0.2, -0.15) is 13.2 Å². The molecule has 0 aliphatic carbocycles. The van der Waals surface area contributed by atoms with E-state index in [1.54, 1.807) is 18.2 Å². The zero-order valence-corrected chi connectivity index (χ0v) is 9.96. The monoisotopic (exact) mass is 259 g/mol. The first-order valence-electron chi connectivity index (χ1n) is 6.05. The van der Waals surface area contributed by atoms with Crippen molar-refractivity contribution in [1.82, 2.24) is 5.32 Å². The Balaban J connectivity index is 2.00. The van der Waals surface area contributed by atoms with E-state index in [2.05, 4.69) is 5.32 Å². The van der Waals surface area contributed by atoms with Crippen LogP contribution in [0.3, 0.4) is 0 Å². The van der Waals surface area contributed by atoms with E-state index in [-0.39, 0.29) is 5.75 Å². The van der Waals surface area contributed by atoms with Crippen LogP contribution >= 0.6 is 0 Å². The second-order valence-electron chi connectivity index (χ2n) is 4.52. The summed E-state index contributed by atoms with van der Waals surface area (Å²) in [5.74, 6) is 0.656. The lowest BCUT2D eigenvalue weighted by Crippen LogP contribution is -2.28. The topological polar surface area (TPSA) is 21.3 Å². The van der Waals surface area contributed by atoms with E-state index in [9.17, 15) is 13.2 Å². The largest absolute Gasteiger partial charge is 0.484 e. The highest BCUT2D eigenvalue weighted by Gasteiger charge is 2.28. The molecule has 1 saturated heterocycles. The molecule has 5 heteroatoms. The molecule has 0 amide bonds. The zero-order chi connectivity index (χ0) is 13.0. The summed E-state index contributed by atoms with van der Waals surface area (Å²) in [6.45, 7) is 0.656. The van der Waals surface area contributed by atoms with Gasteiger partial charge in [-0.05, 0) is 43.0 Å². The normalized spacial score (nSPS) is 20.7. The predicted octanol–water partition coefficient (Wildman–Crippen LogP) is 3.09. The quantitative estimate of drug-likeness (QED) is 0.900. The van der Waals surface area contributed by atoms with Gasteiger partial charge in [-0.25, -0.2) is 0 Å². The lowest BCUT2D eigenvalue weighted by atomic mass is 9.92. The molecule has 1 aromatic carbocycles. The standard InChI is InChI=1S/C13H16F3NO/c14-13(15,16)9-18-12-5-1-3-10(7-12)11-4-2-6-17-8-11/h1,3,5,7,11,17H,2,4,6,8-9H2. The molecule has 0 saturated carbocycles. The molecule has 0 aromatic heterocycles. The second kappa shape index (κ2) is 5.61. The number of ether oxygens (including phenoxy) is 1. The maximum Gasteiger partial charge on any atom is 0.422 e. The Hall–Kier alpha value is -1.23. The molecule has 0 spiro atoms. The average Bonchev–Trinajstić information content (AvgIpc) is 2.37. The summed E-state index contributed by atoms with van der Waals surface area (Å²) in [7, 11) is 0. The molecule has 1 aliphatic rings. The molecule has 18 heavy (non-hydrogen) atoms. The summed E-state index contributed by atoms with van der Waals surface area (Å²) < 4.78 is 40.9. The van der Waals surface area contributed by atoms with E-state index in [0.717, 1.165) is 31.5 Å². The fourth-order valence-electron chi connectivity index (χ4n) is 2.16. The average molecular weight is 259 g/mol. The number of rotatable bonds is 3. The fourth-order valence-corrected chi connectivity index (χ4v) is 2.16. The van der Waals surface area contributed by atoms with Gasteiger partial charge in [0, 0.05) is 6.54 Å². The highest BCUT2D eigenvalue weighted by Crippen LogP contribution is 2.27. The van der Waals surface area contributed by atoms with Crippen molar-refractivity contribution in [3.05, 3.63) is 29.8 Å². The van der Waals surface area contributed by atoms with Crippen molar-refractivity contribution in [2.45, 2.75) is 24.9 Å². The van der Waals surface area contributed by atoms with Gasteiger partial charge in [0.2, 0.25) is 0 Å². The second-order valence-corrected chi connectivity index (χ2v) is 4.52. The Labute approximate surface area is 104 Å². The number of alkyl halides is 3. The third-order valence-electron chi connectivity index (χ3n) is 3.03. The van der Waals surface area contributed by atoms with Crippen LogP contribution in [0.25, 0.3) is 0 Å². The molecular formula is C13H16F3NO. The maximum atomic E-state index is 12.1. The molecule has 0 radical (unpaired) electrons. The van der Waals surface area contributed by atoms with Crippen LogP contribution in [0.2, 0.25) is 0 Å². The highest BCUT2D eigenvalue weighted by molar-refractivity contribution is 5.31. The van der Waals surface area contributed by atoms with Crippen molar-refractivity contribution in [2.75, 3.05) is 19.7 Å². The minimum absolute atomic E-state index is 0.287. The molecule has 1 fully saturated rings. The van der Waals surface area contributed by atoms with E-state index in [0.29, 0.717) is 5.92 Å². The van der Waals surface area contributed by atoms with Crippen LogP contribution in [-0.4, -0.2) is 25.9 Å². The lowest BCUT2D eigenvalue weighted by molar-refractivity contribution is -0.153. The molecule has 1 aromatic rings. The van der Waals surface area contributed by atoms with Gasteiger partial charge in [0.15, 0.2) is 6.61 Å². The van der Waals surface area contributed by atoms with Crippen molar-refractivity contribution in [2.24, 2.45) is 0 Å². The first-order chi connectivity index (χ1) is 8.54. The number of nitrogens with one attached hydrogen (secondary N) is 1. The van der Waals surface area contributed by atoms with E-state index in [1.807, 2.05) is 6.07 Å². The van der Waals surface area contributed by atoms with Gasteiger partial charge in [-0.3, -0.25) is 0 Å². The highest BCUT2D eigenvalue weighted by atomic mass is 19.4. The Kier molecular flexibility index (Phi) is 4.11. The van der Waals surface area contributed by atoms with Crippen LogP contribution in [0.4, 0.5) is 13.2 Å². The van der Waals surface area contributed by atoms with Gasteiger partial charge in [-0.15, -0.1) is 0 Å². The Morgan fingerprint density at radius 1 is 1.33 bits per heavy atom. The lowest BCUT2D eigenvalue weighted by Gasteiger charge is -2.23. The van der Waals surface area contributed by atoms with E-state index in [4.69, 9.17) is 4.74 Å². The van der Waals surface area contributed by atoms with Crippen LogP contribution in [0, 0.1) is 0 Å². The van der Waals surface area contributed by atoms with Crippen LogP contribution in [0.1, 0.15) is 24.3 Å². The van der Waals surface area contributed by atoms with Gasteiger partial charge in [0.25, 0.3) is 0 Å². The van der Waals surface area contributed by atoms with Crippen molar-refractivity contribution in [3.63, 3.8) is 0 Å². The van der Waals surface area contributed by atoms with Crippen LogP contribution < -0.4 is 10.1 Å². The Morgan fingerprint density at radius 3 is 2.83 bits per heavy atom. The Morgan fingerprint density at radius 2 is 2.17 bits per heavy atom. The fraction of sp³-hybridized carbons (Fsp3) is 0.538. The van der Waals surface area contributed by atoms with Crippen molar-refractivity contribution >= 4 is 0 Å². The van der Waals surface area contributed by atoms with Crippen molar-refractivity contribution < 1.29 is 17.9 Å². The van der Waals surface area contributed by atoms with Gasteiger partial charge in [0.1, 0.15) is 5.75 Å². The molecule has 1 atom stereocenters. The summed E-state index contributed by atoms with van der Waals surface area (Å²) >= 11 is 0. The molecule has 2 rings (SSSR count). The number of halogens is 3. The van der Waals surface area contributed by atoms with Crippen molar-refractivity contribution in [3.8, 4) is 5.75 Å². The minimum Gasteiger partial charge on any atom is -0.484 e. The van der Waals surface area contributed by atoms with E-state index < -0.39 is 12.8 Å². The number of benzene rings is 1. The molecule has 1 heterocycles. The van der Waals surface area contributed by atoms with Gasteiger partial charge in [-0.1, -0.05) is 12.1 Å². The third-order valence-corrected chi connectivity index (χ3v) is 3.03. The molecule has 2 nitrogen and oxygen atoms in total. The first kappa shape index (κ1) is 13.2. The van der Waals surface area contributed by atoms with Gasteiger partial charge < -0.3 is 10.1 Å². The van der Waals surface area contributed by atoms with Gasteiger partial charge in [0.05, 0.1) is 0 Å². The summed E-state index contributed by atoms with van der Waals surface area (Å²) in [4.78, 5) is 0. The smallest absolute Gasteiger partial charge is 0.422 e. The maximum absolute atomic E-state index is 12.1. The summed E-state index contributed by atoms with van der Waals surface area (Å²) in [5.41, 5.74) is 1.04. The first-order valence-corrected chi connectivity index (χ1v) is 6.05. The molecule has 1 N–H and O–H groups in total. The third kappa shape index (κ3) is 3.91. The van der Waals surface area contributed by atoms with Crippen LogP contribution in [0.5, 0.6) is 5.75 Å². The minimum atomic E-state index is -4.29. The molecule has 1 aliphatic heterocycles. The molecule has 1 unspecified atom stereocenters. The molecule has 100 valence electrons. The van der Waals surface area contributed by atoms with E-state index >= 15 is 0 Å². The summed E-state index contributed by atoms with van der Waals surface area (Å²) in [6, 6.07) is 6.96. The van der Waals surface area contributed by atoms with Crippen LogP contribution in [-0.2, 0) is 0 Å². The number of hydrogen-bond donors (Lipinski definition) is 1. The van der Waals surface area contributed by atoms with Gasteiger partial charge >= 0.3 is 6.18 Å². The SMILES string of the molecule is FC(F)(F)COc1cccc(C2CCCNC2)c1. The molecule has 0 bridgehead atoms. The number of hydrogen-bond acceptors (Lipinski definition) is 2. The number of piperidine rings is 1. The van der Waals surface area contributed by atoms with Crippen molar-refractivity contribution in [1.29, 1.82) is 0 Å². The van der Waals surface area contributed by atoms with Crippen LogP contribution in [0.15, 0.2) is 24.3 Å². The van der Waals surface area contributed by atoms with E-state index in [1.165, 1.54) is 0 Å².